The second-order valence-corrected chi connectivity index (χ2v) is 10.4. The highest BCUT2D eigenvalue weighted by Gasteiger charge is 2.43. The first-order valence-electron chi connectivity index (χ1n) is 10.9. The van der Waals surface area contributed by atoms with Crippen LogP contribution in [0.15, 0.2) is 57.5 Å². The third-order valence-corrected chi connectivity index (χ3v) is 7.69. The molecule has 2 aliphatic heterocycles. The van der Waals surface area contributed by atoms with Gasteiger partial charge in [-0.1, -0.05) is 12.1 Å². The molecule has 0 N–H and O–H groups in total. The fourth-order valence-electron chi connectivity index (χ4n) is 4.12. The average molecular weight is 495 g/mol. The first-order chi connectivity index (χ1) is 16.6. The average Bonchev–Trinajstić information content (AvgIpc) is 3.43. The Hall–Kier alpha value is -3.97. The number of sulfone groups is 1. The van der Waals surface area contributed by atoms with Crippen LogP contribution in [0.2, 0.25) is 0 Å². The molecule has 9 nitrogen and oxygen atoms in total. The maximum absolute atomic E-state index is 13.3. The van der Waals surface area contributed by atoms with Crippen molar-refractivity contribution in [2.45, 2.75) is 26.3 Å². The van der Waals surface area contributed by atoms with Gasteiger partial charge in [-0.05, 0) is 56.2 Å². The Balaban J connectivity index is 1.65. The van der Waals surface area contributed by atoms with Gasteiger partial charge >= 0.3 is 5.97 Å². The van der Waals surface area contributed by atoms with Gasteiger partial charge in [-0.25, -0.2) is 13.2 Å². The lowest BCUT2D eigenvalue weighted by Crippen LogP contribution is -2.49. The SMILES string of the molecule is CCOC(=O)c1ccc(-c2ccc(/C=C3/C(=O)N([C@@H]4CCS(=O)(=O)C4)C(=O)C(C#N)=C3C)o2)cc1. The molecule has 4 rings (SSSR count). The number of nitriles is 1. The van der Waals surface area contributed by atoms with Crippen molar-refractivity contribution in [3.05, 3.63) is 64.4 Å². The van der Waals surface area contributed by atoms with Gasteiger partial charge in [-0.3, -0.25) is 14.5 Å². The normalized spacial score (nSPS) is 20.9. The van der Waals surface area contributed by atoms with Crippen LogP contribution >= 0.6 is 0 Å². The summed E-state index contributed by atoms with van der Waals surface area (Å²) in [6, 6.07) is 11.0. The predicted molar refractivity (Wildman–Crippen MR) is 125 cm³/mol. The number of carbonyl (C=O) groups is 3. The summed E-state index contributed by atoms with van der Waals surface area (Å²) in [6.07, 6.45) is 1.58. The molecule has 10 heteroatoms. The van der Waals surface area contributed by atoms with E-state index in [0.29, 0.717) is 22.6 Å². The van der Waals surface area contributed by atoms with E-state index < -0.39 is 33.7 Å². The Bertz CT molecular complexity index is 1420. The van der Waals surface area contributed by atoms with Gasteiger partial charge < -0.3 is 9.15 Å². The fourth-order valence-corrected chi connectivity index (χ4v) is 5.82. The van der Waals surface area contributed by atoms with Crippen LogP contribution in [0.25, 0.3) is 17.4 Å². The lowest BCUT2D eigenvalue weighted by atomic mass is 9.93. The van der Waals surface area contributed by atoms with Gasteiger partial charge in [0.2, 0.25) is 0 Å². The van der Waals surface area contributed by atoms with Crippen LogP contribution in [0.5, 0.6) is 0 Å². The second kappa shape index (κ2) is 9.35. The Labute approximate surface area is 202 Å². The Morgan fingerprint density at radius 1 is 1.20 bits per heavy atom. The Morgan fingerprint density at radius 2 is 1.91 bits per heavy atom. The largest absolute Gasteiger partial charge is 0.462 e. The number of hydrogen-bond acceptors (Lipinski definition) is 8. The third-order valence-electron chi connectivity index (χ3n) is 5.94. The summed E-state index contributed by atoms with van der Waals surface area (Å²) in [6.45, 7) is 3.50. The molecule has 1 atom stereocenters. The van der Waals surface area contributed by atoms with Crippen molar-refractivity contribution in [3.8, 4) is 17.4 Å². The molecule has 0 radical (unpaired) electrons. The maximum atomic E-state index is 13.3. The molecule has 0 spiro atoms. The molecule has 1 saturated heterocycles. The van der Waals surface area contributed by atoms with E-state index in [0.717, 1.165) is 4.90 Å². The smallest absolute Gasteiger partial charge is 0.338 e. The molecule has 1 fully saturated rings. The molecule has 3 heterocycles. The van der Waals surface area contributed by atoms with Gasteiger partial charge in [-0.2, -0.15) is 5.26 Å². The summed E-state index contributed by atoms with van der Waals surface area (Å²) < 4.78 is 34.7. The van der Waals surface area contributed by atoms with Crippen LogP contribution in [-0.4, -0.2) is 55.3 Å². The molecule has 0 aliphatic carbocycles. The summed E-state index contributed by atoms with van der Waals surface area (Å²) in [5, 5.41) is 9.54. The number of carbonyl (C=O) groups excluding carboxylic acids is 3. The van der Waals surface area contributed by atoms with E-state index in [1.807, 2.05) is 6.07 Å². The number of rotatable bonds is 5. The molecule has 0 unspecified atom stereocenters. The minimum Gasteiger partial charge on any atom is -0.462 e. The zero-order valence-corrected chi connectivity index (χ0v) is 19.9. The highest BCUT2D eigenvalue weighted by molar-refractivity contribution is 7.91. The van der Waals surface area contributed by atoms with Crippen molar-refractivity contribution >= 4 is 33.7 Å². The van der Waals surface area contributed by atoms with Crippen molar-refractivity contribution in [1.82, 2.24) is 4.90 Å². The fraction of sp³-hybridized carbons (Fsp3) is 0.280. The zero-order chi connectivity index (χ0) is 25.3. The third kappa shape index (κ3) is 4.68. The quantitative estimate of drug-likeness (QED) is 0.352. The highest BCUT2D eigenvalue weighted by atomic mass is 32.2. The van der Waals surface area contributed by atoms with E-state index >= 15 is 0 Å². The van der Waals surface area contributed by atoms with Gasteiger partial charge in [0.1, 0.15) is 23.2 Å². The van der Waals surface area contributed by atoms with Crippen LogP contribution in [0, 0.1) is 11.3 Å². The number of amides is 2. The first kappa shape index (κ1) is 24.2. The van der Waals surface area contributed by atoms with Gasteiger partial charge in [0.05, 0.1) is 29.7 Å². The molecule has 0 saturated carbocycles. The highest BCUT2D eigenvalue weighted by Crippen LogP contribution is 2.32. The van der Waals surface area contributed by atoms with Gasteiger partial charge in [0.25, 0.3) is 11.8 Å². The molecule has 2 amide bonds. The minimum absolute atomic E-state index is 0.0870. The van der Waals surface area contributed by atoms with Crippen molar-refractivity contribution in [2.24, 2.45) is 0 Å². The molecule has 1 aromatic heterocycles. The lowest BCUT2D eigenvalue weighted by Gasteiger charge is -2.31. The van der Waals surface area contributed by atoms with Crippen molar-refractivity contribution < 1.29 is 32.0 Å². The molecule has 180 valence electrons. The summed E-state index contributed by atoms with van der Waals surface area (Å²) >= 11 is 0. The predicted octanol–water partition coefficient (Wildman–Crippen LogP) is 2.90. The molecule has 2 aromatic rings. The van der Waals surface area contributed by atoms with E-state index in [2.05, 4.69) is 0 Å². The van der Waals surface area contributed by atoms with E-state index in [-0.39, 0.29) is 41.3 Å². The van der Waals surface area contributed by atoms with Crippen LogP contribution in [0.3, 0.4) is 0 Å². The number of benzene rings is 1. The topological polar surface area (TPSA) is 135 Å². The molecular formula is C25H22N2O7S. The first-order valence-corrected chi connectivity index (χ1v) is 12.8. The standard InChI is InChI=1S/C25H22N2O7S/c1-3-33-25(30)17-6-4-16(5-7-17)22-9-8-19(34-22)12-20-15(2)21(13-26)24(29)27(23(20)28)18-10-11-35(31,32)14-18/h4-9,12,18H,3,10-11,14H2,1-2H3/b20-12+/t18-/m1/s1. The Morgan fingerprint density at radius 3 is 2.51 bits per heavy atom. The van der Waals surface area contributed by atoms with Crippen molar-refractivity contribution in [1.29, 1.82) is 5.26 Å². The summed E-state index contributed by atoms with van der Waals surface area (Å²) in [7, 11) is -3.36. The van der Waals surface area contributed by atoms with Gasteiger partial charge in [0.15, 0.2) is 9.84 Å². The van der Waals surface area contributed by atoms with Crippen molar-refractivity contribution in [2.75, 3.05) is 18.1 Å². The molecule has 0 bridgehead atoms. The number of imide groups is 1. The Kier molecular flexibility index (Phi) is 6.45. The van der Waals surface area contributed by atoms with Crippen LogP contribution in [0.1, 0.15) is 36.4 Å². The summed E-state index contributed by atoms with van der Waals surface area (Å²) in [5.74, 6) is -1.52. The van der Waals surface area contributed by atoms with Crippen LogP contribution in [-0.2, 0) is 24.2 Å². The van der Waals surface area contributed by atoms with E-state index in [4.69, 9.17) is 9.15 Å². The monoisotopic (exact) mass is 494 g/mol. The van der Waals surface area contributed by atoms with Crippen molar-refractivity contribution in [3.63, 3.8) is 0 Å². The van der Waals surface area contributed by atoms with Gasteiger partial charge in [-0.15, -0.1) is 0 Å². The minimum atomic E-state index is -3.36. The second-order valence-electron chi connectivity index (χ2n) is 8.21. The summed E-state index contributed by atoms with van der Waals surface area (Å²) in [5.41, 5.74) is 1.18. The molecule has 35 heavy (non-hydrogen) atoms. The van der Waals surface area contributed by atoms with Crippen LogP contribution in [0.4, 0.5) is 0 Å². The lowest BCUT2D eigenvalue weighted by molar-refractivity contribution is -0.142. The zero-order valence-electron chi connectivity index (χ0n) is 19.1. The number of ether oxygens (including phenoxy) is 1. The van der Waals surface area contributed by atoms with E-state index in [1.165, 1.54) is 13.0 Å². The van der Waals surface area contributed by atoms with E-state index in [9.17, 15) is 28.1 Å². The number of hydrogen-bond donors (Lipinski definition) is 0. The van der Waals surface area contributed by atoms with E-state index in [1.54, 1.807) is 43.3 Å². The number of esters is 1. The molecule has 1 aromatic carbocycles. The number of nitrogens with zero attached hydrogens (tertiary/aromatic N) is 2. The summed E-state index contributed by atoms with van der Waals surface area (Å²) in [4.78, 5) is 38.8. The maximum Gasteiger partial charge on any atom is 0.338 e. The van der Waals surface area contributed by atoms with Gasteiger partial charge in [0, 0.05) is 11.1 Å². The molecular weight excluding hydrogens is 472 g/mol. The molecule has 2 aliphatic rings. The van der Waals surface area contributed by atoms with Crippen LogP contribution < -0.4 is 0 Å². The number of furan rings is 1.